The van der Waals surface area contributed by atoms with Crippen LogP contribution in [0.3, 0.4) is 0 Å². The van der Waals surface area contributed by atoms with Gasteiger partial charge in [0, 0.05) is 43.5 Å². The summed E-state index contributed by atoms with van der Waals surface area (Å²) in [5.74, 6) is 0.475. The SMILES string of the molecule is CC[C@H](CC[C@@H](C)CN1CC[C@H](F)C1)N1CNC(=O)c2cnc3[nH]ccc3c21. The number of amides is 1. The molecular formula is C21H30FN5O. The Labute approximate surface area is 165 Å². The van der Waals surface area contributed by atoms with Gasteiger partial charge < -0.3 is 20.1 Å². The van der Waals surface area contributed by atoms with Crippen LogP contribution in [-0.4, -0.2) is 59.3 Å². The first-order valence-electron chi connectivity index (χ1n) is 10.4. The first kappa shape index (κ1) is 19.2. The number of aromatic nitrogens is 2. The van der Waals surface area contributed by atoms with E-state index in [2.05, 4.69) is 38.9 Å². The summed E-state index contributed by atoms with van der Waals surface area (Å²) in [5.41, 5.74) is 2.46. The van der Waals surface area contributed by atoms with Gasteiger partial charge in [-0.3, -0.25) is 4.79 Å². The van der Waals surface area contributed by atoms with E-state index in [-0.39, 0.29) is 5.91 Å². The normalized spacial score (nSPS) is 22.3. The minimum absolute atomic E-state index is 0.0557. The Bertz CT molecular complexity index is 837. The molecular weight excluding hydrogens is 357 g/mol. The van der Waals surface area contributed by atoms with Crippen molar-refractivity contribution in [3.05, 3.63) is 24.0 Å². The number of pyridine rings is 1. The van der Waals surface area contributed by atoms with Gasteiger partial charge in [-0.2, -0.15) is 0 Å². The average molecular weight is 388 g/mol. The number of carbonyl (C=O) groups excluding carboxylic acids is 1. The molecule has 3 atom stereocenters. The molecule has 4 heterocycles. The number of alkyl halides is 1. The second-order valence-corrected chi connectivity index (χ2v) is 8.28. The lowest BCUT2D eigenvalue weighted by molar-refractivity contribution is 0.0945. The van der Waals surface area contributed by atoms with Gasteiger partial charge in [-0.15, -0.1) is 0 Å². The summed E-state index contributed by atoms with van der Waals surface area (Å²) in [5, 5.41) is 4.00. The van der Waals surface area contributed by atoms with Crippen LogP contribution >= 0.6 is 0 Å². The van der Waals surface area contributed by atoms with Gasteiger partial charge in [0.05, 0.1) is 17.9 Å². The number of halogens is 1. The van der Waals surface area contributed by atoms with Crippen molar-refractivity contribution in [3.63, 3.8) is 0 Å². The van der Waals surface area contributed by atoms with Crippen LogP contribution in [0.1, 0.15) is 49.9 Å². The van der Waals surface area contributed by atoms with Crippen molar-refractivity contribution < 1.29 is 9.18 Å². The predicted molar refractivity (Wildman–Crippen MR) is 109 cm³/mol. The van der Waals surface area contributed by atoms with E-state index in [1.807, 2.05) is 12.3 Å². The molecule has 6 nitrogen and oxygen atoms in total. The Hall–Kier alpha value is -2.15. The van der Waals surface area contributed by atoms with Gasteiger partial charge in [-0.25, -0.2) is 9.37 Å². The van der Waals surface area contributed by atoms with Gasteiger partial charge >= 0.3 is 0 Å². The van der Waals surface area contributed by atoms with Crippen molar-refractivity contribution >= 4 is 22.6 Å². The molecule has 28 heavy (non-hydrogen) atoms. The van der Waals surface area contributed by atoms with Crippen LogP contribution in [-0.2, 0) is 0 Å². The summed E-state index contributed by atoms with van der Waals surface area (Å²) in [6, 6.07) is 2.35. The molecule has 0 saturated carbocycles. The number of H-pyrrole nitrogens is 1. The van der Waals surface area contributed by atoms with E-state index in [1.165, 1.54) is 0 Å². The lowest BCUT2D eigenvalue weighted by Crippen LogP contribution is -2.48. The topological polar surface area (TPSA) is 64.3 Å². The van der Waals surface area contributed by atoms with Crippen LogP contribution in [0, 0.1) is 5.92 Å². The van der Waals surface area contributed by atoms with E-state index >= 15 is 0 Å². The van der Waals surface area contributed by atoms with Crippen LogP contribution in [0.25, 0.3) is 11.0 Å². The third kappa shape index (κ3) is 3.72. The van der Waals surface area contributed by atoms with E-state index in [4.69, 9.17) is 0 Å². The minimum Gasteiger partial charge on any atom is -0.350 e. The van der Waals surface area contributed by atoms with Gasteiger partial charge in [-0.1, -0.05) is 13.8 Å². The number of nitrogens with zero attached hydrogens (tertiary/aromatic N) is 3. The summed E-state index contributed by atoms with van der Waals surface area (Å²) >= 11 is 0. The van der Waals surface area contributed by atoms with E-state index in [0.717, 1.165) is 49.1 Å². The van der Waals surface area contributed by atoms with Crippen molar-refractivity contribution in [1.29, 1.82) is 0 Å². The molecule has 152 valence electrons. The third-order valence-electron chi connectivity index (χ3n) is 6.19. The average Bonchev–Trinajstić information content (AvgIpc) is 3.32. The molecule has 4 rings (SSSR count). The van der Waals surface area contributed by atoms with Crippen LogP contribution in [0.5, 0.6) is 0 Å². The van der Waals surface area contributed by atoms with E-state index in [1.54, 1.807) is 6.20 Å². The Morgan fingerprint density at radius 1 is 1.39 bits per heavy atom. The molecule has 7 heteroatoms. The monoisotopic (exact) mass is 387 g/mol. The summed E-state index contributed by atoms with van der Waals surface area (Å²) in [7, 11) is 0. The molecule has 0 aliphatic carbocycles. The first-order chi connectivity index (χ1) is 13.6. The fourth-order valence-electron chi connectivity index (χ4n) is 4.65. The van der Waals surface area contributed by atoms with Crippen LogP contribution in [0.4, 0.5) is 10.1 Å². The standard InChI is InChI=1S/C21H30FN5O/c1-3-16(5-4-14(2)11-26-9-7-15(22)12-26)27-13-25-21(28)18-10-24-20-17(19(18)27)6-8-23-20/h6,8,10,14-16H,3-5,7,9,11-13H2,1-2H3,(H,23,24)(H,25,28)/t14-,15+,16-/m1/s1. The maximum Gasteiger partial charge on any atom is 0.256 e. The predicted octanol–water partition coefficient (Wildman–Crippen LogP) is 3.31. The second-order valence-electron chi connectivity index (χ2n) is 8.28. The number of rotatable bonds is 7. The Morgan fingerprint density at radius 2 is 2.25 bits per heavy atom. The van der Waals surface area contributed by atoms with Gasteiger partial charge in [-0.05, 0) is 37.7 Å². The van der Waals surface area contributed by atoms with Crippen molar-refractivity contribution in [2.24, 2.45) is 5.92 Å². The molecule has 0 radical (unpaired) electrons. The maximum absolute atomic E-state index is 13.4. The van der Waals surface area contributed by atoms with Gasteiger partial charge in [0.1, 0.15) is 11.8 Å². The van der Waals surface area contributed by atoms with Crippen molar-refractivity contribution in [2.45, 2.75) is 51.7 Å². The number of nitrogens with one attached hydrogen (secondary N) is 2. The van der Waals surface area contributed by atoms with E-state index < -0.39 is 6.17 Å². The lowest BCUT2D eigenvalue weighted by atomic mass is 9.97. The number of aromatic amines is 1. The number of likely N-dealkylation sites (tertiary alicyclic amines) is 1. The molecule has 0 aromatic carbocycles. The molecule has 2 aliphatic rings. The molecule has 0 bridgehead atoms. The van der Waals surface area contributed by atoms with Gasteiger partial charge in [0.2, 0.25) is 0 Å². The summed E-state index contributed by atoms with van der Waals surface area (Å²) in [6.45, 7) is 7.43. The highest BCUT2D eigenvalue weighted by Crippen LogP contribution is 2.34. The smallest absolute Gasteiger partial charge is 0.256 e. The zero-order chi connectivity index (χ0) is 19.7. The number of fused-ring (bicyclic) bond motifs is 3. The van der Waals surface area contributed by atoms with Crippen molar-refractivity contribution in [2.75, 3.05) is 31.2 Å². The molecule has 1 saturated heterocycles. The zero-order valence-electron chi connectivity index (χ0n) is 16.7. The largest absolute Gasteiger partial charge is 0.350 e. The molecule has 1 amide bonds. The molecule has 0 spiro atoms. The Kier molecular flexibility index (Phi) is 5.53. The summed E-state index contributed by atoms with van der Waals surface area (Å²) in [6.07, 6.45) is 6.72. The quantitative estimate of drug-likeness (QED) is 0.765. The highest BCUT2D eigenvalue weighted by atomic mass is 19.1. The van der Waals surface area contributed by atoms with Gasteiger partial charge in [0.25, 0.3) is 5.91 Å². The van der Waals surface area contributed by atoms with Crippen LogP contribution in [0.15, 0.2) is 18.5 Å². The third-order valence-corrected chi connectivity index (χ3v) is 6.19. The highest BCUT2D eigenvalue weighted by molar-refractivity contribution is 6.08. The fourth-order valence-corrected chi connectivity index (χ4v) is 4.65. The molecule has 2 aliphatic heterocycles. The molecule has 0 unspecified atom stereocenters. The number of carbonyl (C=O) groups is 1. The minimum atomic E-state index is -0.651. The summed E-state index contributed by atoms with van der Waals surface area (Å²) in [4.78, 5) is 24.5. The number of anilines is 1. The molecule has 2 N–H and O–H groups in total. The number of hydrogen-bond donors (Lipinski definition) is 2. The molecule has 2 aromatic heterocycles. The van der Waals surface area contributed by atoms with Crippen LogP contribution in [0.2, 0.25) is 0 Å². The van der Waals surface area contributed by atoms with Gasteiger partial charge in [0.15, 0.2) is 0 Å². The van der Waals surface area contributed by atoms with Crippen LogP contribution < -0.4 is 10.2 Å². The van der Waals surface area contributed by atoms with E-state index in [0.29, 0.717) is 37.2 Å². The second kappa shape index (κ2) is 8.07. The Balaban J connectivity index is 1.47. The first-order valence-corrected chi connectivity index (χ1v) is 10.4. The lowest BCUT2D eigenvalue weighted by Gasteiger charge is -2.38. The zero-order valence-corrected chi connectivity index (χ0v) is 16.7. The fraction of sp³-hybridized carbons (Fsp3) is 0.619. The highest BCUT2D eigenvalue weighted by Gasteiger charge is 2.30. The number of hydrogen-bond acceptors (Lipinski definition) is 4. The van der Waals surface area contributed by atoms with Crippen molar-refractivity contribution in [1.82, 2.24) is 20.2 Å². The van der Waals surface area contributed by atoms with Crippen molar-refractivity contribution in [3.8, 4) is 0 Å². The molecule has 1 fully saturated rings. The summed E-state index contributed by atoms with van der Waals surface area (Å²) < 4.78 is 13.4. The Morgan fingerprint density at radius 3 is 3.00 bits per heavy atom. The molecule has 2 aromatic rings. The maximum atomic E-state index is 13.4. The van der Waals surface area contributed by atoms with E-state index in [9.17, 15) is 9.18 Å².